The van der Waals surface area contributed by atoms with E-state index in [2.05, 4.69) is 35.3 Å². The van der Waals surface area contributed by atoms with E-state index in [1.54, 1.807) is 42.6 Å². The Hall–Kier alpha value is -4.03. The number of morpholine rings is 2. The molecule has 2 aliphatic heterocycles. The van der Waals surface area contributed by atoms with Gasteiger partial charge in [-0.25, -0.2) is 10.2 Å². The predicted molar refractivity (Wildman–Crippen MR) is 127 cm³/mol. The number of rotatable bonds is 7. The van der Waals surface area contributed by atoms with Crippen LogP contribution in [0.3, 0.4) is 0 Å². The number of carbonyl (C=O) groups is 1. The van der Waals surface area contributed by atoms with Gasteiger partial charge in [-0.3, -0.25) is 0 Å². The molecule has 2 fully saturated rings. The normalized spacial score (nSPS) is 16.5. The summed E-state index contributed by atoms with van der Waals surface area (Å²) in [6, 6.07) is 10.1. The first-order valence-corrected chi connectivity index (χ1v) is 11.3. The quantitative estimate of drug-likeness (QED) is 0.231. The van der Waals surface area contributed by atoms with Crippen molar-refractivity contribution in [2.24, 2.45) is 5.10 Å². The lowest BCUT2D eigenvalue weighted by molar-refractivity contribution is 0.0701. The predicted octanol–water partition coefficient (Wildman–Crippen LogP) is 1.80. The maximum atomic E-state index is 12.0. The van der Waals surface area contributed by atoms with E-state index in [-0.39, 0.29) is 5.76 Å². The Morgan fingerprint density at radius 2 is 1.54 bits per heavy atom. The molecule has 1 N–H and O–H groups in total. The van der Waals surface area contributed by atoms with Gasteiger partial charge in [-0.1, -0.05) is 0 Å². The second kappa shape index (κ2) is 10.9. The van der Waals surface area contributed by atoms with Crippen LogP contribution in [0.5, 0.6) is 5.75 Å². The first kappa shape index (κ1) is 22.7. The summed E-state index contributed by atoms with van der Waals surface area (Å²) in [6.45, 7) is 5.38. The molecule has 4 heterocycles. The van der Waals surface area contributed by atoms with E-state index in [4.69, 9.17) is 18.6 Å². The van der Waals surface area contributed by atoms with Crippen molar-refractivity contribution < 1.29 is 23.4 Å². The van der Waals surface area contributed by atoms with Crippen molar-refractivity contribution in [3.63, 3.8) is 0 Å². The topological polar surface area (TPSA) is 127 Å². The van der Waals surface area contributed by atoms with Gasteiger partial charge in [-0.15, -0.1) is 0 Å². The number of nitrogens with one attached hydrogen (secondary N) is 1. The highest BCUT2D eigenvalue weighted by Crippen LogP contribution is 2.19. The fraction of sp³-hybridized carbons (Fsp3) is 0.348. The van der Waals surface area contributed by atoms with Gasteiger partial charge in [0.1, 0.15) is 5.75 Å². The number of hydrogen-bond acceptors (Lipinski definition) is 12. The lowest BCUT2D eigenvalue weighted by atomic mass is 10.2. The lowest BCUT2D eigenvalue weighted by Gasteiger charge is -2.30. The summed E-state index contributed by atoms with van der Waals surface area (Å²) >= 11 is 0. The molecule has 2 aliphatic rings. The molecule has 0 unspecified atom stereocenters. The maximum Gasteiger partial charge on any atom is 0.379 e. The molecule has 2 aromatic heterocycles. The van der Waals surface area contributed by atoms with E-state index in [1.165, 1.54) is 6.26 Å². The third-order valence-corrected chi connectivity index (χ3v) is 5.39. The molecule has 2 saturated heterocycles. The van der Waals surface area contributed by atoms with Crippen LogP contribution in [0.2, 0.25) is 0 Å². The van der Waals surface area contributed by atoms with Gasteiger partial charge in [-0.2, -0.15) is 20.1 Å². The third kappa shape index (κ3) is 5.91. The van der Waals surface area contributed by atoms with Gasteiger partial charge in [0.25, 0.3) is 0 Å². The molecule has 5 rings (SSSR count). The molecule has 3 aromatic rings. The minimum absolute atomic E-state index is 0.144. The molecule has 0 aliphatic carbocycles. The highest BCUT2D eigenvalue weighted by atomic mass is 16.5. The Balaban J connectivity index is 1.26. The summed E-state index contributed by atoms with van der Waals surface area (Å²) < 4.78 is 21.2. The summed E-state index contributed by atoms with van der Waals surface area (Å²) in [5.41, 5.74) is 3.71. The highest BCUT2D eigenvalue weighted by Gasteiger charge is 2.20. The Labute approximate surface area is 201 Å². The van der Waals surface area contributed by atoms with Crippen molar-refractivity contribution in [2.45, 2.75) is 0 Å². The van der Waals surface area contributed by atoms with Crippen molar-refractivity contribution in [1.29, 1.82) is 0 Å². The fourth-order valence-corrected chi connectivity index (χ4v) is 3.55. The Bertz CT molecular complexity index is 1110. The zero-order valence-electron chi connectivity index (χ0n) is 19.0. The Kier molecular flexibility index (Phi) is 7.10. The molecule has 35 heavy (non-hydrogen) atoms. The number of furan rings is 1. The fourth-order valence-electron chi connectivity index (χ4n) is 3.55. The number of hydrogen-bond donors (Lipinski definition) is 1. The molecular formula is C23H25N7O5. The second-order valence-corrected chi connectivity index (χ2v) is 7.76. The molecule has 0 radical (unpaired) electrons. The van der Waals surface area contributed by atoms with Crippen LogP contribution in [0.1, 0.15) is 16.1 Å². The molecule has 0 atom stereocenters. The second-order valence-electron chi connectivity index (χ2n) is 7.76. The van der Waals surface area contributed by atoms with E-state index in [9.17, 15) is 4.79 Å². The van der Waals surface area contributed by atoms with E-state index in [0.29, 0.717) is 76.2 Å². The standard InChI is InChI=1S/C23H25N7O5/c31-20(19-2-1-11-34-19)35-18-5-3-17(4-6-18)16-24-28-21-25-22(29-7-12-32-13-8-29)27-23(26-21)30-9-14-33-15-10-30/h1-6,11,16H,7-10,12-15H2,(H,25,26,27,28)/b24-16+. The molecule has 0 saturated carbocycles. The van der Waals surface area contributed by atoms with E-state index >= 15 is 0 Å². The number of anilines is 3. The van der Waals surface area contributed by atoms with Crippen LogP contribution in [0, 0.1) is 0 Å². The van der Waals surface area contributed by atoms with Crippen molar-refractivity contribution in [3.05, 3.63) is 54.0 Å². The first-order chi connectivity index (χ1) is 17.2. The highest BCUT2D eigenvalue weighted by molar-refractivity contribution is 5.88. The molecule has 12 nitrogen and oxygen atoms in total. The number of esters is 1. The monoisotopic (exact) mass is 479 g/mol. The zero-order valence-corrected chi connectivity index (χ0v) is 19.0. The van der Waals surface area contributed by atoms with Gasteiger partial charge in [0.05, 0.1) is 38.9 Å². The van der Waals surface area contributed by atoms with Crippen LogP contribution in [0.15, 0.2) is 52.2 Å². The van der Waals surface area contributed by atoms with E-state index < -0.39 is 5.97 Å². The van der Waals surface area contributed by atoms with Crippen LogP contribution >= 0.6 is 0 Å². The molecule has 1 aromatic carbocycles. The van der Waals surface area contributed by atoms with Crippen molar-refractivity contribution in [2.75, 3.05) is 67.8 Å². The van der Waals surface area contributed by atoms with Crippen LogP contribution in [0.25, 0.3) is 0 Å². The smallest absolute Gasteiger partial charge is 0.379 e. The summed E-state index contributed by atoms with van der Waals surface area (Å²) in [5.74, 6) is 1.52. The Morgan fingerprint density at radius 1 is 0.914 bits per heavy atom. The average Bonchev–Trinajstić information content (AvgIpc) is 3.46. The van der Waals surface area contributed by atoms with Crippen LogP contribution in [-0.2, 0) is 9.47 Å². The molecule has 0 amide bonds. The molecule has 0 spiro atoms. The Morgan fingerprint density at radius 3 is 2.11 bits per heavy atom. The van der Waals surface area contributed by atoms with E-state index in [0.717, 1.165) is 5.56 Å². The van der Waals surface area contributed by atoms with Gasteiger partial charge in [0.2, 0.25) is 23.6 Å². The van der Waals surface area contributed by atoms with Gasteiger partial charge in [-0.05, 0) is 42.0 Å². The van der Waals surface area contributed by atoms with Crippen LogP contribution < -0.4 is 20.0 Å². The summed E-state index contributed by atoms with van der Waals surface area (Å²) in [6.07, 6.45) is 3.05. The molecule has 182 valence electrons. The zero-order chi connectivity index (χ0) is 23.9. The van der Waals surface area contributed by atoms with Gasteiger partial charge in [0, 0.05) is 26.2 Å². The SMILES string of the molecule is O=C(Oc1ccc(/C=N/Nc2nc(N3CCOCC3)nc(N3CCOCC3)n2)cc1)c1ccco1. The summed E-state index contributed by atoms with van der Waals surface area (Å²) in [4.78, 5) is 29.9. The maximum absolute atomic E-state index is 12.0. The van der Waals surface area contributed by atoms with Gasteiger partial charge in [0.15, 0.2) is 0 Å². The number of ether oxygens (including phenoxy) is 3. The van der Waals surface area contributed by atoms with Crippen molar-refractivity contribution in [1.82, 2.24) is 15.0 Å². The number of benzene rings is 1. The number of hydrazone groups is 1. The molecule has 12 heteroatoms. The van der Waals surface area contributed by atoms with Crippen LogP contribution in [-0.4, -0.2) is 79.7 Å². The first-order valence-electron chi connectivity index (χ1n) is 11.3. The number of aromatic nitrogens is 3. The van der Waals surface area contributed by atoms with Crippen LogP contribution in [0.4, 0.5) is 17.8 Å². The largest absolute Gasteiger partial charge is 0.457 e. The minimum Gasteiger partial charge on any atom is -0.457 e. The lowest BCUT2D eigenvalue weighted by Crippen LogP contribution is -2.40. The van der Waals surface area contributed by atoms with Crippen molar-refractivity contribution in [3.8, 4) is 5.75 Å². The molecule has 0 bridgehead atoms. The van der Waals surface area contributed by atoms with E-state index in [1.807, 2.05) is 0 Å². The minimum atomic E-state index is -0.555. The number of carbonyl (C=O) groups excluding carboxylic acids is 1. The molecular weight excluding hydrogens is 454 g/mol. The van der Waals surface area contributed by atoms with Gasteiger partial charge < -0.3 is 28.4 Å². The number of nitrogens with zero attached hydrogens (tertiary/aromatic N) is 6. The van der Waals surface area contributed by atoms with Gasteiger partial charge >= 0.3 is 5.97 Å². The van der Waals surface area contributed by atoms with Crippen molar-refractivity contribution >= 4 is 30.0 Å². The summed E-state index contributed by atoms with van der Waals surface area (Å²) in [5, 5.41) is 4.28. The third-order valence-electron chi connectivity index (χ3n) is 5.39. The summed E-state index contributed by atoms with van der Waals surface area (Å²) in [7, 11) is 0. The average molecular weight is 479 g/mol.